The summed E-state index contributed by atoms with van der Waals surface area (Å²) in [7, 11) is 0. The van der Waals surface area contributed by atoms with Crippen LogP contribution in [0.3, 0.4) is 0 Å². The molecule has 1 aromatic carbocycles. The minimum absolute atomic E-state index is 0.0223. The Labute approximate surface area is 174 Å². The van der Waals surface area contributed by atoms with Crippen LogP contribution in [0.4, 0.5) is 11.4 Å². The van der Waals surface area contributed by atoms with Crippen molar-refractivity contribution < 1.29 is 9.59 Å². The highest BCUT2D eigenvalue weighted by atomic mass is 35.5. The van der Waals surface area contributed by atoms with Crippen LogP contribution in [0.5, 0.6) is 0 Å². The minimum atomic E-state index is -0.352. The van der Waals surface area contributed by atoms with Crippen LogP contribution in [0.1, 0.15) is 24.2 Å². The zero-order valence-corrected chi connectivity index (χ0v) is 17.3. The number of piperazine rings is 1. The molecule has 1 N–H and O–H groups in total. The average molecular weight is 421 g/mol. The first-order valence-corrected chi connectivity index (χ1v) is 9.88. The molecule has 1 aromatic heterocycles. The average Bonchev–Trinajstić information content (AvgIpc) is 2.68. The van der Waals surface area contributed by atoms with Crippen LogP contribution >= 0.6 is 23.2 Å². The molecule has 148 valence electrons. The highest BCUT2D eigenvalue weighted by Gasteiger charge is 2.26. The fourth-order valence-corrected chi connectivity index (χ4v) is 3.70. The molecule has 6 nitrogen and oxygen atoms in total. The maximum Gasteiger partial charge on any atom is 0.258 e. The van der Waals surface area contributed by atoms with Crippen LogP contribution < -0.4 is 10.2 Å². The van der Waals surface area contributed by atoms with E-state index in [1.807, 2.05) is 18.7 Å². The molecule has 1 aliphatic heterocycles. The van der Waals surface area contributed by atoms with Gasteiger partial charge >= 0.3 is 0 Å². The molecule has 0 saturated carbocycles. The van der Waals surface area contributed by atoms with Crippen LogP contribution in [-0.4, -0.2) is 47.9 Å². The molecule has 1 fully saturated rings. The number of amides is 2. The molecule has 3 rings (SSSR count). The molecule has 1 aliphatic rings. The van der Waals surface area contributed by atoms with Gasteiger partial charge < -0.3 is 15.1 Å². The van der Waals surface area contributed by atoms with Crippen LogP contribution in [0.15, 0.2) is 36.5 Å². The van der Waals surface area contributed by atoms with Crippen molar-refractivity contribution in [2.24, 2.45) is 5.92 Å². The maximum absolute atomic E-state index is 12.6. The molecule has 2 aromatic rings. The van der Waals surface area contributed by atoms with Gasteiger partial charge in [-0.2, -0.15) is 0 Å². The number of anilines is 2. The number of halogens is 2. The number of nitrogens with zero attached hydrogens (tertiary/aromatic N) is 3. The topological polar surface area (TPSA) is 65.5 Å². The van der Waals surface area contributed by atoms with E-state index in [9.17, 15) is 9.59 Å². The number of pyridine rings is 1. The molecule has 2 heterocycles. The molecule has 0 unspecified atom stereocenters. The fourth-order valence-electron chi connectivity index (χ4n) is 3.20. The summed E-state index contributed by atoms with van der Waals surface area (Å²) < 4.78 is 0. The van der Waals surface area contributed by atoms with Gasteiger partial charge in [0.15, 0.2) is 0 Å². The van der Waals surface area contributed by atoms with Gasteiger partial charge in [0.1, 0.15) is 5.15 Å². The molecular formula is C20H22Cl2N4O2. The van der Waals surface area contributed by atoms with Gasteiger partial charge in [-0.25, -0.2) is 4.98 Å². The van der Waals surface area contributed by atoms with Gasteiger partial charge in [-0.3, -0.25) is 9.59 Å². The summed E-state index contributed by atoms with van der Waals surface area (Å²) in [6.07, 6.45) is 1.53. The number of carbonyl (C=O) groups is 2. The van der Waals surface area contributed by atoms with E-state index in [1.165, 1.54) is 6.20 Å². The standard InChI is InChI=1S/C20H22Cl2N4O2/c1-13(2)20(28)26-11-9-25(10-12-26)17-15(21)6-3-7-16(17)24-19(27)14-5-4-8-23-18(14)22/h3-8,13H,9-12H2,1-2H3,(H,24,27). The Morgan fingerprint density at radius 3 is 2.43 bits per heavy atom. The van der Waals surface area contributed by atoms with Crippen LogP contribution in [-0.2, 0) is 4.79 Å². The third kappa shape index (κ3) is 4.39. The number of para-hydroxylation sites is 1. The first-order chi connectivity index (χ1) is 13.4. The van der Waals surface area contributed by atoms with Crippen molar-refractivity contribution in [2.45, 2.75) is 13.8 Å². The Kier molecular flexibility index (Phi) is 6.42. The van der Waals surface area contributed by atoms with Crippen molar-refractivity contribution in [1.82, 2.24) is 9.88 Å². The highest BCUT2D eigenvalue weighted by Crippen LogP contribution is 2.35. The van der Waals surface area contributed by atoms with Crippen molar-refractivity contribution in [1.29, 1.82) is 0 Å². The van der Waals surface area contributed by atoms with Gasteiger partial charge in [-0.15, -0.1) is 0 Å². The third-order valence-corrected chi connectivity index (χ3v) is 5.25. The number of carbonyl (C=O) groups excluding carboxylic acids is 2. The molecule has 1 saturated heterocycles. The molecule has 0 spiro atoms. The van der Waals surface area contributed by atoms with E-state index in [0.717, 1.165) is 5.69 Å². The summed E-state index contributed by atoms with van der Waals surface area (Å²) in [5.74, 6) is -0.222. The van der Waals surface area contributed by atoms with Gasteiger partial charge in [-0.1, -0.05) is 43.1 Å². The summed E-state index contributed by atoms with van der Waals surface area (Å²) in [5, 5.41) is 3.57. The quantitative estimate of drug-likeness (QED) is 0.760. The monoisotopic (exact) mass is 420 g/mol. The zero-order valence-electron chi connectivity index (χ0n) is 15.8. The van der Waals surface area contributed by atoms with Crippen molar-refractivity contribution in [3.05, 3.63) is 52.3 Å². The normalized spacial score (nSPS) is 14.3. The summed E-state index contributed by atoms with van der Waals surface area (Å²) in [4.78, 5) is 32.8. The van der Waals surface area contributed by atoms with Gasteiger partial charge in [0.25, 0.3) is 5.91 Å². The maximum atomic E-state index is 12.6. The lowest BCUT2D eigenvalue weighted by atomic mass is 10.1. The molecule has 8 heteroatoms. The van der Waals surface area contributed by atoms with Gasteiger partial charge in [0.05, 0.1) is 22.0 Å². The van der Waals surface area contributed by atoms with Crippen LogP contribution in [0.2, 0.25) is 10.2 Å². The van der Waals surface area contributed by atoms with Crippen molar-refractivity contribution >= 4 is 46.4 Å². The van der Waals surface area contributed by atoms with Crippen LogP contribution in [0, 0.1) is 5.92 Å². The van der Waals surface area contributed by atoms with Crippen molar-refractivity contribution in [3.8, 4) is 0 Å². The van der Waals surface area contributed by atoms with Crippen LogP contribution in [0.25, 0.3) is 0 Å². The summed E-state index contributed by atoms with van der Waals surface area (Å²) in [6.45, 7) is 6.31. The van der Waals surface area contributed by atoms with E-state index in [0.29, 0.717) is 42.5 Å². The van der Waals surface area contributed by atoms with Crippen molar-refractivity contribution in [3.63, 3.8) is 0 Å². The number of nitrogens with one attached hydrogen (secondary N) is 1. The smallest absolute Gasteiger partial charge is 0.258 e. The summed E-state index contributed by atoms with van der Waals surface area (Å²) >= 11 is 12.5. The second-order valence-corrected chi connectivity index (χ2v) is 7.66. The Balaban J connectivity index is 1.79. The molecular weight excluding hydrogens is 399 g/mol. The number of hydrogen-bond acceptors (Lipinski definition) is 4. The Morgan fingerprint density at radius 1 is 1.07 bits per heavy atom. The van der Waals surface area contributed by atoms with Gasteiger partial charge in [0, 0.05) is 38.3 Å². The molecule has 0 atom stereocenters. The summed E-state index contributed by atoms with van der Waals surface area (Å²) in [5.41, 5.74) is 1.64. The van der Waals surface area contributed by atoms with E-state index in [1.54, 1.807) is 30.3 Å². The zero-order chi connectivity index (χ0) is 20.3. The number of rotatable bonds is 4. The van der Waals surface area contributed by atoms with Crippen molar-refractivity contribution in [2.75, 3.05) is 36.4 Å². The lowest BCUT2D eigenvalue weighted by molar-refractivity contribution is -0.134. The second kappa shape index (κ2) is 8.80. The molecule has 0 aliphatic carbocycles. The lowest BCUT2D eigenvalue weighted by Crippen LogP contribution is -2.50. The SMILES string of the molecule is CC(C)C(=O)N1CCN(c2c(Cl)cccc2NC(=O)c2cccnc2Cl)CC1. The number of hydrogen-bond donors (Lipinski definition) is 1. The summed E-state index contributed by atoms with van der Waals surface area (Å²) in [6, 6.07) is 8.64. The van der Waals surface area contributed by atoms with E-state index in [4.69, 9.17) is 23.2 Å². The Morgan fingerprint density at radius 2 is 1.79 bits per heavy atom. The number of aromatic nitrogens is 1. The molecule has 0 bridgehead atoms. The number of benzene rings is 1. The second-order valence-electron chi connectivity index (χ2n) is 6.90. The minimum Gasteiger partial charge on any atom is -0.365 e. The van der Waals surface area contributed by atoms with E-state index < -0.39 is 0 Å². The fraction of sp³-hybridized carbons (Fsp3) is 0.350. The molecule has 0 radical (unpaired) electrons. The molecule has 28 heavy (non-hydrogen) atoms. The molecule has 2 amide bonds. The van der Waals surface area contributed by atoms with E-state index in [-0.39, 0.29) is 22.9 Å². The predicted octanol–water partition coefficient (Wildman–Crippen LogP) is 3.95. The van der Waals surface area contributed by atoms with E-state index >= 15 is 0 Å². The van der Waals surface area contributed by atoms with Gasteiger partial charge in [0.2, 0.25) is 5.91 Å². The highest BCUT2D eigenvalue weighted by molar-refractivity contribution is 6.35. The largest absolute Gasteiger partial charge is 0.365 e. The Bertz CT molecular complexity index is 880. The first kappa shape index (κ1) is 20.4. The predicted molar refractivity (Wildman–Crippen MR) is 112 cm³/mol. The first-order valence-electron chi connectivity index (χ1n) is 9.12. The van der Waals surface area contributed by atoms with E-state index in [2.05, 4.69) is 15.2 Å². The Hall–Kier alpha value is -2.31. The third-order valence-electron chi connectivity index (χ3n) is 4.64. The lowest BCUT2D eigenvalue weighted by Gasteiger charge is -2.38. The van der Waals surface area contributed by atoms with Gasteiger partial charge in [-0.05, 0) is 24.3 Å².